The summed E-state index contributed by atoms with van der Waals surface area (Å²) >= 11 is 3.44. The standard InChI is InChI=1S/C16H22BrNO4/c1-21-14-9-10(17)8-12(13(18)6-7-15(19)20)16(14)22-11-4-2-3-5-11/h8-9,11,13H,2-7,18H2,1H3,(H,19,20). The lowest BCUT2D eigenvalue weighted by molar-refractivity contribution is -0.137. The number of ether oxygens (including phenoxy) is 2. The second kappa shape index (κ2) is 7.83. The fourth-order valence-corrected chi connectivity index (χ4v) is 3.20. The molecule has 1 aliphatic carbocycles. The molecule has 5 nitrogen and oxygen atoms in total. The van der Waals surface area contributed by atoms with Crippen molar-refractivity contribution in [2.75, 3.05) is 7.11 Å². The van der Waals surface area contributed by atoms with E-state index >= 15 is 0 Å². The Balaban J connectivity index is 2.27. The first-order chi connectivity index (χ1) is 10.5. The van der Waals surface area contributed by atoms with E-state index in [9.17, 15) is 4.79 Å². The summed E-state index contributed by atoms with van der Waals surface area (Å²) in [6.45, 7) is 0. The number of carboxylic acids is 1. The Kier molecular flexibility index (Phi) is 6.08. The first-order valence-electron chi connectivity index (χ1n) is 7.52. The predicted molar refractivity (Wildman–Crippen MR) is 87.4 cm³/mol. The highest BCUT2D eigenvalue weighted by molar-refractivity contribution is 9.10. The van der Waals surface area contributed by atoms with Crippen molar-refractivity contribution in [3.8, 4) is 11.5 Å². The average molecular weight is 372 g/mol. The van der Waals surface area contributed by atoms with Gasteiger partial charge in [0.25, 0.3) is 0 Å². The molecule has 2 rings (SSSR count). The van der Waals surface area contributed by atoms with Gasteiger partial charge >= 0.3 is 5.97 Å². The fourth-order valence-electron chi connectivity index (χ4n) is 2.75. The smallest absolute Gasteiger partial charge is 0.303 e. The molecule has 0 aromatic heterocycles. The number of nitrogens with two attached hydrogens (primary N) is 1. The molecular weight excluding hydrogens is 350 g/mol. The van der Waals surface area contributed by atoms with Gasteiger partial charge in [-0.05, 0) is 44.2 Å². The molecule has 0 spiro atoms. The van der Waals surface area contributed by atoms with E-state index in [0.717, 1.165) is 22.9 Å². The lowest BCUT2D eigenvalue weighted by Gasteiger charge is -2.22. The average Bonchev–Trinajstić information content (AvgIpc) is 2.99. The van der Waals surface area contributed by atoms with Crippen LogP contribution in [-0.4, -0.2) is 24.3 Å². The van der Waals surface area contributed by atoms with Gasteiger partial charge in [-0.25, -0.2) is 0 Å². The predicted octanol–water partition coefficient (Wildman–Crippen LogP) is 3.64. The third kappa shape index (κ3) is 4.36. The van der Waals surface area contributed by atoms with Crippen LogP contribution in [-0.2, 0) is 4.79 Å². The van der Waals surface area contributed by atoms with Gasteiger partial charge in [-0.3, -0.25) is 4.79 Å². The van der Waals surface area contributed by atoms with Crippen LogP contribution in [0.3, 0.4) is 0 Å². The minimum Gasteiger partial charge on any atom is -0.493 e. The minimum absolute atomic E-state index is 0.0267. The normalized spacial score (nSPS) is 16.5. The van der Waals surface area contributed by atoms with Crippen molar-refractivity contribution >= 4 is 21.9 Å². The van der Waals surface area contributed by atoms with Crippen molar-refractivity contribution in [3.63, 3.8) is 0 Å². The molecule has 1 aromatic rings. The van der Waals surface area contributed by atoms with E-state index in [4.69, 9.17) is 20.3 Å². The van der Waals surface area contributed by atoms with Crippen LogP contribution in [0.4, 0.5) is 0 Å². The minimum atomic E-state index is -0.851. The van der Waals surface area contributed by atoms with Crippen LogP contribution in [0, 0.1) is 0 Å². The van der Waals surface area contributed by atoms with Gasteiger partial charge < -0.3 is 20.3 Å². The quantitative estimate of drug-likeness (QED) is 0.764. The van der Waals surface area contributed by atoms with Crippen LogP contribution in [0.2, 0.25) is 0 Å². The van der Waals surface area contributed by atoms with Crippen LogP contribution < -0.4 is 15.2 Å². The highest BCUT2D eigenvalue weighted by atomic mass is 79.9. The van der Waals surface area contributed by atoms with Crippen LogP contribution >= 0.6 is 15.9 Å². The number of methoxy groups -OCH3 is 1. The molecule has 0 saturated heterocycles. The van der Waals surface area contributed by atoms with Gasteiger partial charge in [0.15, 0.2) is 11.5 Å². The number of halogens is 1. The molecule has 1 aliphatic rings. The highest BCUT2D eigenvalue weighted by Gasteiger charge is 2.24. The van der Waals surface area contributed by atoms with Gasteiger partial charge in [0.1, 0.15) is 0 Å². The molecule has 1 aromatic carbocycles. The molecule has 122 valence electrons. The molecule has 1 fully saturated rings. The van der Waals surface area contributed by atoms with Crippen molar-refractivity contribution in [1.29, 1.82) is 0 Å². The second-order valence-corrected chi connectivity index (χ2v) is 6.51. The summed E-state index contributed by atoms with van der Waals surface area (Å²) in [5.41, 5.74) is 6.98. The van der Waals surface area contributed by atoms with Gasteiger partial charge in [-0.15, -0.1) is 0 Å². The van der Waals surface area contributed by atoms with Gasteiger partial charge in [-0.1, -0.05) is 15.9 Å². The summed E-state index contributed by atoms with van der Waals surface area (Å²) in [6, 6.07) is 3.33. The number of carboxylic acid groups (broad SMARTS) is 1. The second-order valence-electron chi connectivity index (χ2n) is 5.59. The Bertz CT molecular complexity index is 529. The number of rotatable bonds is 7. The summed E-state index contributed by atoms with van der Waals surface area (Å²) < 4.78 is 12.4. The maximum atomic E-state index is 10.8. The Labute approximate surface area is 138 Å². The number of aliphatic carboxylic acids is 1. The van der Waals surface area contributed by atoms with Crippen molar-refractivity contribution in [2.45, 2.75) is 50.7 Å². The molecule has 0 bridgehead atoms. The first kappa shape index (κ1) is 17.1. The van der Waals surface area contributed by atoms with E-state index < -0.39 is 12.0 Å². The Morgan fingerprint density at radius 3 is 2.73 bits per heavy atom. The third-order valence-corrected chi connectivity index (χ3v) is 4.38. The number of carbonyl (C=O) groups is 1. The van der Waals surface area contributed by atoms with Crippen LogP contribution in [0.15, 0.2) is 16.6 Å². The van der Waals surface area contributed by atoms with E-state index in [1.807, 2.05) is 12.1 Å². The maximum absolute atomic E-state index is 10.8. The monoisotopic (exact) mass is 371 g/mol. The molecule has 1 unspecified atom stereocenters. The lowest BCUT2D eigenvalue weighted by atomic mass is 10.0. The van der Waals surface area contributed by atoms with E-state index in [1.54, 1.807) is 7.11 Å². The van der Waals surface area contributed by atoms with Crippen molar-refractivity contribution < 1.29 is 19.4 Å². The molecule has 0 aliphatic heterocycles. The van der Waals surface area contributed by atoms with Crippen molar-refractivity contribution in [2.24, 2.45) is 5.73 Å². The SMILES string of the molecule is COc1cc(Br)cc(C(N)CCC(=O)O)c1OC1CCCC1. The summed E-state index contributed by atoms with van der Waals surface area (Å²) in [5, 5.41) is 8.84. The van der Waals surface area contributed by atoms with E-state index in [2.05, 4.69) is 15.9 Å². The topological polar surface area (TPSA) is 81.8 Å². The number of hydrogen-bond donors (Lipinski definition) is 2. The zero-order chi connectivity index (χ0) is 16.1. The highest BCUT2D eigenvalue weighted by Crippen LogP contribution is 2.40. The van der Waals surface area contributed by atoms with E-state index in [0.29, 0.717) is 17.9 Å². The number of hydrogen-bond acceptors (Lipinski definition) is 4. The Morgan fingerprint density at radius 1 is 1.45 bits per heavy atom. The summed E-state index contributed by atoms with van der Waals surface area (Å²) in [4.78, 5) is 10.8. The van der Waals surface area contributed by atoms with E-state index in [-0.39, 0.29) is 12.5 Å². The molecule has 3 N–H and O–H groups in total. The largest absolute Gasteiger partial charge is 0.493 e. The fraction of sp³-hybridized carbons (Fsp3) is 0.562. The van der Waals surface area contributed by atoms with Gasteiger partial charge in [0.2, 0.25) is 0 Å². The van der Waals surface area contributed by atoms with Crippen molar-refractivity contribution in [1.82, 2.24) is 0 Å². The van der Waals surface area contributed by atoms with Crippen molar-refractivity contribution in [3.05, 3.63) is 22.2 Å². The Hall–Kier alpha value is -1.27. The first-order valence-corrected chi connectivity index (χ1v) is 8.32. The summed E-state index contributed by atoms with van der Waals surface area (Å²) in [5.74, 6) is 0.424. The molecule has 1 atom stereocenters. The van der Waals surface area contributed by atoms with Crippen LogP contribution in [0.1, 0.15) is 50.1 Å². The molecule has 22 heavy (non-hydrogen) atoms. The third-order valence-electron chi connectivity index (χ3n) is 3.92. The van der Waals surface area contributed by atoms with Gasteiger partial charge in [0, 0.05) is 22.5 Å². The summed E-state index contributed by atoms with van der Waals surface area (Å²) in [6.07, 6.45) is 4.97. The number of benzene rings is 1. The molecule has 0 amide bonds. The molecule has 6 heteroatoms. The zero-order valence-corrected chi connectivity index (χ0v) is 14.3. The zero-order valence-electron chi connectivity index (χ0n) is 12.7. The maximum Gasteiger partial charge on any atom is 0.303 e. The summed E-state index contributed by atoms with van der Waals surface area (Å²) in [7, 11) is 1.59. The van der Waals surface area contributed by atoms with Gasteiger partial charge in [0.05, 0.1) is 13.2 Å². The van der Waals surface area contributed by atoms with Crippen LogP contribution in [0.25, 0.3) is 0 Å². The lowest BCUT2D eigenvalue weighted by Crippen LogP contribution is -2.18. The van der Waals surface area contributed by atoms with Gasteiger partial charge in [-0.2, -0.15) is 0 Å². The molecule has 0 heterocycles. The van der Waals surface area contributed by atoms with E-state index in [1.165, 1.54) is 12.8 Å². The Morgan fingerprint density at radius 2 is 2.14 bits per heavy atom. The molecule has 1 saturated carbocycles. The molecular formula is C16H22BrNO4. The molecule has 0 radical (unpaired) electrons. The van der Waals surface area contributed by atoms with Crippen LogP contribution in [0.5, 0.6) is 11.5 Å².